The molecular formula is C22H13ClS. The van der Waals surface area contributed by atoms with E-state index >= 15 is 0 Å². The maximum absolute atomic E-state index is 6.15. The standard InChI is InChI=1S/C22H13ClS/c23-17-6-3-5-15(12-17)16-9-10-19-20-11-8-14-4-1-2-7-18(14)22(20)24-21(19)13-16/h1-13H. The molecule has 0 saturated heterocycles. The highest BCUT2D eigenvalue weighted by Gasteiger charge is 2.09. The first kappa shape index (κ1) is 14.0. The van der Waals surface area contributed by atoms with Crippen molar-refractivity contribution in [3.8, 4) is 11.1 Å². The molecule has 0 radical (unpaired) electrons. The van der Waals surface area contributed by atoms with Crippen molar-refractivity contribution in [2.75, 3.05) is 0 Å². The Labute approximate surface area is 148 Å². The van der Waals surface area contributed by atoms with E-state index in [2.05, 4.69) is 60.7 Å². The maximum Gasteiger partial charge on any atom is 0.0433 e. The molecule has 0 fully saturated rings. The lowest BCUT2D eigenvalue weighted by Crippen LogP contribution is -1.77. The smallest absolute Gasteiger partial charge is 0.0433 e. The van der Waals surface area contributed by atoms with Gasteiger partial charge in [-0.05, 0) is 40.1 Å². The SMILES string of the molecule is Clc1cccc(-c2ccc3c(c2)sc2c4ccccc4ccc32)c1. The molecule has 0 bridgehead atoms. The Bertz CT molecular complexity index is 1220. The topological polar surface area (TPSA) is 0 Å². The summed E-state index contributed by atoms with van der Waals surface area (Å²) in [7, 11) is 0. The fourth-order valence-corrected chi connectivity index (χ4v) is 4.82. The molecule has 0 nitrogen and oxygen atoms in total. The monoisotopic (exact) mass is 344 g/mol. The van der Waals surface area contributed by atoms with Gasteiger partial charge < -0.3 is 0 Å². The summed E-state index contributed by atoms with van der Waals surface area (Å²) in [6.07, 6.45) is 0. The molecule has 0 N–H and O–H groups in total. The molecule has 0 aliphatic heterocycles. The molecule has 0 amide bonds. The first-order valence-corrected chi connectivity index (χ1v) is 9.09. The van der Waals surface area contributed by atoms with Crippen LogP contribution in [0.3, 0.4) is 0 Å². The van der Waals surface area contributed by atoms with Gasteiger partial charge in [-0.2, -0.15) is 0 Å². The van der Waals surface area contributed by atoms with Gasteiger partial charge in [0.15, 0.2) is 0 Å². The lowest BCUT2D eigenvalue weighted by Gasteiger charge is -2.02. The third kappa shape index (κ3) is 2.13. The molecule has 4 aromatic carbocycles. The summed E-state index contributed by atoms with van der Waals surface area (Å²) in [5.74, 6) is 0. The molecule has 24 heavy (non-hydrogen) atoms. The average Bonchev–Trinajstić information content (AvgIpc) is 3.00. The highest BCUT2D eigenvalue weighted by Crippen LogP contribution is 2.40. The van der Waals surface area contributed by atoms with Crippen molar-refractivity contribution in [2.45, 2.75) is 0 Å². The van der Waals surface area contributed by atoms with Crippen LogP contribution in [-0.2, 0) is 0 Å². The molecule has 1 heterocycles. The number of halogens is 1. The van der Waals surface area contributed by atoms with E-state index in [0.29, 0.717) is 0 Å². The van der Waals surface area contributed by atoms with Crippen LogP contribution < -0.4 is 0 Å². The van der Waals surface area contributed by atoms with Crippen molar-refractivity contribution in [3.05, 3.63) is 83.9 Å². The minimum absolute atomic E-state index is 0.773. The minimum Gasteiger partial charge on any atom is -0.135 e. The lowest BCUT2D eigenvalue weighted by molar-refractivity contribution is 1.66. The molecule has 5 aromatic rings. The number of benzene rings is 4. The fourth-order valence-electron chi connectivity index (χ4n) is 3.35. The summed E-state index contributed by atoms with van der Waals surface area (Å²) in [5.41, 5.74) is 2.37. The third-order valence-corrected chi connectivity index (χ3v) is 5.96. The summed E-state index contributed by atoms with van der Waals surface area (Å²) in [6.45, 7) is 0. The van der Waals surface area contributed by atoms with Crippen LogP contribution in [0.2, 0.25) is 5.02 Å². The second-order valence-electron chi connectivity index (χ2n) is 5.99. The van der Waals surface area contributed by atoms with E-state index in [1.54, 1.807) is 0 Å². The highest BCUT2D eigenvalue weighted by atomic mass is 35.5. The summed E-state index contributed by atoms with van der Waals surface area (Å²) < 4.78 is 2.69. The van der Waals surface area contributed by atoms with Gasteiger partial charge >= 0.3 is 0 Å². The molecule has 5 rings (SSSR count). The van der Waals surface area contributed by atoms with Crippen molar-refractivity contribution < 1.29 is 0 Å². The van der Waals surface area contributed by atoms with Crippen LogP contribution in [0.5, 0.6) is 0 Å². The molecule has 0 spiro atoms. The summed E-state index contributed by atoms with van der Waals surface area (Å²) in [5, 5.41) is 6.07. The zero-order valence-electron chi connectivity index (χ0n) is 12.8. The van der Waals surface area contributed by atoms with E-state index in [-0.39, 0.29) is 0 Å². The Balaban J connectivity index is 1.81. The molecule has 0 atom stereocenters. The molecule has 0 saturated carbocycles. The maximum atomic E-state index is 6.15. The van der Waals surface area contributed by atoms with E-state index in [9.17, 15) is 0 Å². The van der Waals surface area contributed by atoms with Crippen LogP contribution in [0.25, 0.3) is 42.1 Å². The van der Waals surface area contributed by atoms with Crippen LogP contribution in [-0.4, -0.2) is 0 Å². The van der Waals surface area contributed by atoms with Crippen molar-refractivity contribution in [1.82, 2.24) is 0 Å². The predicted molar refractivity (Wildman–Crippen MR) is 107 cm³/mol. The average molecular weight is 345 g/mol. The number of rotatable bonds is 1. The first-order valence-electron chi connectivity index (χ1n) is 7.89. The Hall–Kier alpha value is -2.35. The lowest BCUT2D eigenvalue weighted by atomic mass is 10.0. The molecule has 1 aromatic heterocycles. The van der Waals surface area contributed by atoms with Crippen LogP contribution >= 0.6 is 22.9 Å². The van der Waals surface area contributed by atoms with Crippen LogP contribution in [0.15, 0.2) is 78.9 Å². The van der Waals surface area contributed by atoms with Gasteiger partial charge in [0.1, 0.15) is 0 Å². The van der Waals surface area contributed by atoms with E-state index in [1.165, 1.54) is 36.5 Å². The zero-order chi connectivity index (χ0) is 16.1. The van der Waals surface area contributed by atoms with Gasteiger partial charge in [-0.25, -0.2) is 0 Å². The van der Waals surface area contributed by atoms with Gasteiger partial charge in [0.05, 0.1) is 0 Å². The number of hydrogen-bond donors (Lipinski definition) is 0. The summed E-state index contributed by atoms with van der Waals surface area (Å²) >= 11 is 8.02. The van der Waals surface area contributed by atoms with Gasteiger partial charge in [0.2, 0.25) is 0 Å². The van der Waals surface area contributed by atoms with Crippen LogP contribution in [0, 0.1) is 0 Å². The molecular weight excluding hydrogens is 332 g/mol. The van der Waals surface area contributed by atoms with E-state index in [1.807, 2.05) is 29.5 Å². The second-order valence-corrected chi connectivity index (χ2v) is 7.48. The number of hydrogen-bond acceptors (Lipinski definition) is 1. The molecule has 0 aliphatic rings. The minimum atomic E-state index is 0.773. The molecule has 2 heteroatoms. The number of thiophene rings is 1. The predicted octanol–water partition coefficient (Wildman–Crippen LogP) is 7.53. The quantitative estimate of drug-likeness (QED) is 0.295. The van der Waals surface area contributed by atoms with Gasteiger partial charge in [0.25, 0.3) is 0 Å². The van der Waals surface area contributed by atoms with Crippen molar-refractivity contribution in [2.24, 2.45) is 0 Å². The Morgan fingerprint density at radius 2 is 1.46 bits per heavy atom. The van der Waals surface area contributed by atoms with Gasteiger partial charge in [0, 0.05) is 25.2 Å². The molecule has 114 valence electrons. The van der Waals surface area contributed by atoms with Crippen molar-refractivity contribution >= 4 is 53.9 Å². The second kappa shape index (κ2) is 5.34. The normalized spacial score (nSPS) is 11.5. The van der Waals surface area contributed by atoms with Crippen molar-refractivity contribution in [1.29, 1.82) is 0 Å². The highest BCUT2D eigenvalue weighted by molar-refractivity contribution is 7.26. The van der Waals surface area contributed by atoms with Crippen LogP contribution in [0.1, 0.15) is 0 Å². The molecule has 0 aliphatic carbocycles. The molecule has 0 unspecified atom stereocenters. The zero-order valence-corrected chi connectivity index (χ0v) is 14.4. The van der Waals surface area contributed by atoms with E-state index in [4.69, 9.17) is 11.6 Å². The van der Waals surface area contributed by atoms with Crippen molar-refractivity contribution in [3.63, 3.8) is 0 Å². The van der Waals surface area contributed by atoms with Gasteiger partial charge in [-0.1, -0.05) is 72.3 Å². The van der Waals surface area contributed by atoms with Gasteiger partial charge in [-0.3, -0.25) is 0 Å². The Morgan fingerprint density at radius 3 is 2.38 bits per heavy atom. The van der Waals surface area contributed by atoms with E-state index < -0.39 is 0 Å². The van der Waals surface area contributed by atoms with Gasteiger partial charge in [-0.15, -0.1) is 11.3 Å². The van der Waals surface area contributed by atoms with E-state index in [0.717, 1.165) is 10.6 Å². The fraction of sp³-hybridized carbons (Fsp3) is 0. The largest absolute Gasteiger partial charge is 0.135 e. The number of fused-ring (bicyclic) bond motifs is 5. The summed E-state index contributed by atoms with van der Waals surface area (Å²) in [4.78, 5) is 0. The third-order valence-electron chi connectivity index (χ3n) is 4.52. The summed E-state index contributed by atoms with van der Waals surface area (Å²) in [6, 6.07) is 27.8. The van der Waals surface area contributed by atoms with Crippen LogP contribution in [0.4, 0.5) is 0 Å². The Morgan fingerprint density at radius 1 is 0.625 bits per heavy atom. The first-order chi connectivity index (χ1) is 11.8. The Kier molecular flexibility index (Phi) is 3.12.